The second-order valence-electron chi connectivity index (χ2n) is 10.1. The number of methoxy groups -OCH3 is 1. The van der Waals surface area contributed by atoms with Gasteiger partial charge in [0.2, 0.25) is 5.91 Å². The zero-order valence-corrected chi connectivity index (χ0v) is 21.7. The molecule has 0 aromatic heterocycles. The van der Waals surface area contributed by atoms with E-state index in [9.17, 15) is 9.59 Å². The minimum absolute atomic E-state index is 0.315. The minimum Gasteiger partial charge on any atom is -0.481 e. The van der Waals surface area contributed by atoms with Gasteiger partial charge in [0.1, 0.15) is 0 Å². The number of hydrogen-bond acceptors (Lipinski definition) is 3. The fourth-order valence-corrected chi connectivity index (χ4v) is 5.05. The van der Waals surface area contributed by atoms with Crippen LogP contribution in [0.25, 0.3) is 0 Å². The monoisotopic (exact) mass is 467 g/mol. The molecule has 33 heavy (non-hydrogen) atoms. The number of unbranched alkanes of at least 4 members (excludes halogenated alkanes) is 17. The lowest BCUT2D eigenvalue weighted by Crippen LogP contribution is -2.37. The van der Waals surface area contributed by atoms with Crippen LogP contribution in [0, 0.1) is 0 Å². The van der Waals surface area contributed by atoms with Crippen molar-refractivity contribution in [2.75, 3.05) is 20.3 Å². The van der Waals surface area contributed by atoms with Crippen molar-refractivity contribution in [3.05, 3.63) is 0 Å². The Bertz CT molecular complexity index is 483. The predicted octanol–water partition coefficient (Wildman–Crippen LogP) is 7.51. The number of rotatable bonds is 23. The number of amides is 1. The molecule has 1 aliphatic rings. The van der Waals surface area contributed by atoms with Gasteiger partial charge >= 0.3 is 5.97 Å². The largest absolute Gasteiger partial charge is 0.481 e. The number of aliphatic carboxylic acids is 1. The summed E-state index contributed by atoms with van der Waals surface area (Å²) in [5.41, 5.74) is 0. The summed E-state index contributed by atoms with van der Waals surface area (Å²) in [6.07, 6.45) is 26.1. The van der Waals surface area contributed by atoms with Crippen LogP contribution >= 0.6 is 0 Å². The van der Waals surface area contributed by atoms with Crippen molar-refractivity contribution in [2.45, 2.75) is 147 Å². The van der Waals surface area contributed by atoms with E-state index in [-0.39, 0.29) is 0 Å². The molecule has 1 aliphatic heterocycles. The number of ether oxygens (including phenoxy) is 1. The molecule has 0 spiro atoms. The third kappa shape index (κ3) is 17.1. The predicted molar refractivity (Wildman–Crippen MR) is 137 cm³/mol. The molecule has 1 rings (SSSR count). The fraction of sp³-hybridized carbons (Fsp3) is 0.929. The van der Waals surface area contributed by atoms with E-state index >= 15 is 0 Å². The highest BCUT2D eigenvalue weighted by molar-refractivity contribution is 5.76. The normalized spacial score (nSPS) is 15.9. The molecule has 1 fully saturated rings. The maximum absolute atomic E-state index is 12.4. The van der Waals surface area contributed by atoms with E-state index in [0.717, 1.165) is 38.6 Å². The smallest absolute Gasteiger partial charge is 0.303 e. The second-order valence-corrected chi connectivity index (χ2v) is 10.1. The first-order valence-corrected chi connectivity index (χ1v) is 14.2. The van der Waals surface area contributed by atoms with Gasteiger partial charge in [-0.05, 0) is 25.7 Å². The summed E-state index contributed by atoms with van der Waals surface area (Å²) in [4.78, 5) is 24.9. The minimum atomic E-state index is -0.662. The molecule has 0 bridgehead atoms. The molecule has 1 saturated heterocycles. The van der Waals surface area contributed by atoms with Crippen LogP contribution in [-0.4, -0.2) is 48.2 Å². The summed E-state index contributed by atoms with van der Waals surface area (Å²) in [6.45, 7) is 1.61. The van der Waals surface area contributed by atoms with Crippen molar-refractivity contribution in [3.63, 3.8) is 0 Å². The summed E-state index contributed by atoms with van der Waals surface area (Å²) in [7, 11) is 1.72. The average Bonchev–Trinajstić information content (AvgIpc) is 3.26. The molecule has 0 saturated carbocycles. The molecule has 0 radical (unpaired) electrons. The highest BCUT2D eigenvalue weighted by Gasteiger charge is 2.27. The fourth-order valence-electron chi connectivity index (χ4n) is 5.05. The van der Waals surface area contributed by atoms with E-state index in [1.165, 1.54) is 96.3 Å². The lowest BCUT2D eigenvalue weighted by atomic mass is 10.0. The van der Waals surface area contributed by atoms with Crippen LogP contribution in [-0.2, 0) is 14.3 Å². The van der Waals surface area contributed by atoms with E-state index in [1.54, 1.807) is 7.11 Å². The highest BCUT2D eigenvalue weighted by Crippen LogP contribution is 2.20. The Morgan fingerprint density at radius 3 is 1.48 bits per heavy atom. The number of carbonyl (C=O) groups is 2. The second kappa shape index (κ2) is 21.4. The lowest BCUT2D eigenvalue weighted by Gasteiger charge is -2.24. The SMILES string of the molecule is COCC1CCCN1C(=O)CCCCCCCCCCCCCCCCCCCCC(=O)O. The Balaban J connectivity index is 1.75. The summed E-state index contributed by atoms with van der Waals surface area (Å²) in [5, 5.41) is 8.61. The Kier molecular flexibility index (Phi) is 19.4. The molecular formula is C28H53NO4. The van der Waals surface area contributed by atoms with Gasteiger partial charge in [-0.25, -0.2) is 0 Å². The molecular weight excluding hydrogens is 414 g/mol. The van der Waals surface area contributed by atoms with Crippen molar-refractivity contribution in [2.24, 2.45) is 0 Å². The Hall–Kier alpha value is -1.10. The number of nitrogens with zero attached hydrogens (tertiary/aromatic N) is 1. The Morgan fingerprint density at radius 2 is 1.09 bits per heavy atom. The average molecular weight is 468 g/mol. The van der Waals surface area contributed by atoms with E-state index in [2.05, 4.69) is 4.90 Å². The summed E-state index contributed by atoms with van der Waals surface area (Å²) in [5.74, 6) is -0.327. The van der Waals surface area contributed by atoms with Crippen molar-refractivity contribution < 1.29 is 19.4 Å². The van der Waals surface area contributed by atoms with Crippen molar-refractivity contribution >= 4 is 11.9 Å². The standard InChI is InChI=1S/C28H53NO4/c1-33-25-26-21-20-24-29(26)27(30)22-18-16-14-12-10-8-6-4-2-3-5-7-9-11-13-15-17-19-23-28(31)32/h26H,2-25H2,1H3,(H,31,32). The molecule has 194 valence electrons. The first-order chi connectivity index (χ1) is 16.1. The summed E-state index contributed by atoms with van der Waals surface area (Å²) >= 11 is 0. The lowest BCUT2D eigenvalue weighted by molar-refractivity contribution is -0.137. The van der Waals surface area contributed by atoms with Gasteiger partial charge in [-0.3, -0.25) is 9.59 Å². The van der Waals surface area contributed by atoms with Gasteiger partial charge in [0, 0.05) is 26.5 Å². The van der Waals surface area contributed by atoms with Gasteiger partial charge < -0.3 is 14.7 Å². The summed E-state index contributed by atoms with van der Waals surface area (Å²) in [6, 6.07) is 0.315. The molecule has 5 heteroatoms. The quantitative estimate of drug-likeness (QED) is 0.158. The van der Waals surface area contributed by atoms with Gasteiger partial charge in [-0.2, -0.15) is 0 Å². The van der Waals surface area contributed by atoms with Gasteiger partial charge in [-0.1, -0.05) is 103 Å². The topological polar surface area (TPSA) is 66.8 Å². The van der Waals surface area contributed by atoms with Crippen molar-refractivity contribution in [3.8, 4) is 0 Å². The molecule has 1 heterocycles. The number of carbonyl (C=O) groups excluding carboxylic acids is 1. The molecule has 0 aromatic rings. The maximum atomic E-state index is 12.4. The number of likely N-dealkylation sites (tertiary alicyclic amines) is 1. The van der Waals surface area contributed by atoms with Crippen molar-refractivity contribution in [1.29, 1.82) is 0 Å². The third-order valence-electron chi connectivity index (χ3n) is 7.09. The summed E-state index contributed by atoms with van der Waals surface area (Å²) < 4.78 is 5.25. The molecule has 1 amide bonds. The van der Waals surface area contributed by atoms with Crippen molar-refractivity contribution in [1.82, 2.24) is 4.90 Å². The molecule has 1 N–H and O–H groups in total. The first-order valence-electron chi connectivity index (χ1n) is 14.2. The molecule has 1 unspecified atom stereocenters. The third-order valence-corrected chi connectivity index (χ3v) is 7.09. The zero-order valence-electron chi connectivity index (χ0n) is 21.7. The zero-order chi connectivity index (χ0) is 24.0. The molecule has 0 aliphatic carbocycles. The molecule has 0 aromatic carbocycles. The van der Waals surface area contributed by atoms with Crippen LogP contribution in [0.5, 0.6) is 0 Å². The molecule has 5 nitrogen and oxygen atoms in total. The van der Waals surface area contributed by atoms with Gasteiger partial charge in [0.25, 0.3) is 0 Å². The Labute approximate surface area is 204 Å². The Morgan fingerprint density at radius 1 is 0.697 bits per heavy atom. The molecule has 1 atom stereocenters. The van der Waals surface area contributed by atoms with E-state index < -0.39 is 5.97 Å². The maximum Gasteiger partial charge on any atom is 0.303 e. The van der Waals surface area contributed by atoms with Crippen LogP contribution in [0.3, 0.4) is 0 Å². The number of hydrogen-bond donors (Lipinski definition) is 1. The number of carboxylic acid groups (broad SMARTS) is 1. The number of carboxylic acids is 1. The van der Waals surface area contributed by atoms with Gasteiger partial charge in [-0.15, -0.1) is 0 Å². The van der Waals surface area contributed by atoms with E-state index in [1.807, 2.05) is 0 Å². The van der Waals surface area contributed by atoms with Crippen LogP contribution in [0.2, 0.25) is 0 Å². The first kappa shape index (κ1) is 29.9. The van der Waals surface area contributed by atoms with Crippen LogP contribution < -0.4 is 0 Å². The van der Waals surface area contributed by atoms with E-state index in [4.69, 9.17) is 9.84 Å². The van der Waals surface area contributed by atoms with Gasteiger partial charge in [0.05, 0.1) is 12.6 Å². The van der Waals surface area contributed by atoms with Crippen LogP contribution in [0.4, 0.5) is 0 Å². The van der Waals surface area contributed by atoms with E-state index in [0.29, 0.717) is 31.4 Å². The van der Waals surface area contributed by atoms with Gasteiger partial charge in [0.15, 0.2) is 0 Å². The highest BCUT2D eigenvalue weighted by atomic mass is 16.5. The van der Waals surface area contributed by atoms with Crippen LogP contribution in [0.1, 0.15) is 141 Å². The van der Waals surface area contributed by atoms with Crippen LogP contribution in [0.15, 0.2) is 0 Å².